The molecule has 5 aliphatic rings. The third-order valence-corrected chi connectivity index (χ3v) is 15.2. The lowest BCUT2D eigenvalue weighted by Gasteiger charge is -2.59. The number of carbonyl (C=O) groups excluding carboxylic acids is 3. The molecule has 350 valence electrons. The molecule has 66 heavy (non-hydrogen) atoms. The van der Waals surface area contributed by atoms with Crippen LogP contribution in [0.2, 0.25) is 0 Å². The first-order valence-electron chi connectivity index (χ1n) is 24.6. The van der Waals surface area contributed by atoms with Gasteiger partial charge in [-0.3, -0.25) is 14.4 Å². The van der Waals surface area contributed by atoms with E-state index in [4.69, 9.17) is 14.9 Å². The molecule has 10 rings (SSSR count). The van der Waals surface area contributed by atoms with Gasteiger partial charge in [-0.1, -0.05) is 128 Å². The Morgan fingerprint density at radius 2 is 0.955 bits per heavy atom. The van der Waals surface area contributed by atoms with Gasteiger partial charge in [0.15, 0.2) is 11.6 Å². The molecule has 4 bridgehead atoms. The summed E-state index contributed by atoms with van der Waals surface area (Å²) in [5.41, 5.74) is 6.61. The molecule has 3 N–H and O–H groups in total. The standard InChI is InChI=1S/C20H28O.C18H16O2.C11H14O3.C10H14O/c1-3-13(2)16-4-6-17(7-5-16)20(21)18-9-14-8-15(11-18)12-19(20)10-14;1-3-11(2)12-8-9-15-16(10-12)18(20)14-7-5-4-6-13(14)17(15)19;1-3-8(2)11(13)14-10-6-4-9(12)5-7-10;1-3-8(2)9-4-6-10(11)7-5-9/h4-7,13-15,18-19,21H,3,8-12H2,1-2H3;4-11H,3H2,1-2H3;4-8,12H,3H2,1-2H3;4-8,11H,3H2,1-2H3. The van der Waals surface area contributed by atoms with E-state index in [0.29, 0.717) is 63.3 Å². The lowest BCUT2D eigenvalue weighted by molar-refractivity contribution is -0.179. The zero-order chi connectivity index (χ0) is 47.7. The minimum Gasteiger partial charge on any atom is -0.508 e. The molecule has 0 aromatic heterocycles. The second-order valence-corrected chi connectivity index (χ2v) is 19.5. The van der Waals surface area contributed by atoms with Gasteiger partial charge in [0.1, 0.15) is 17.2 Å². The molecule has 4 unspecified atom stereocenters. The molecule has 0 aliphatic heterocycles. The van der Waals surface area contributed by atoms with E-state index in [2.05, 4.69) is 65.8 Å². The molecule has 5 aromatic rings. The summed E-state index contributed by atoms with van der Waals surface area (Å²) in [5.74, 6) is 5.00. The minimum atomic E-state index is -0.526. The third kappa shape index (κ3) is 11.3. The van der Waals surface area contributed by atoms with E-state index in [1.54, 1.807) is 54.6 Å². The Hall–Kier alpha value is -5.53. The van der Waals surface area contributed by atoms with Gasteiger partial charge in [-0.25, -0.2) is 0 Å². The van der Waals surface area contributed by atoms with Crippen molar-refractivity contribution in [2.24, 2.45) is 29.6 Å². The second-order valence-electron chi connectivity index (χ2n) is 19.5. The predicted molar refractivity (Wildman–Crippen MR) is 265 cm³/mol. The molecule has 0 heterocycles. The summed E-state index contributed by atoms with van der Waals surface area (Å²) in [6, 6.07) is 35.2. The molecule has 7 heteroatoms. The number of hydrogen-bond donors (Lipinski definition) is 3. The molecule has 4 atom stereocenters. The first-order valence-corrected chi connectivity index (χ1v) is 24.6. The highest BCUT2D eigenvalue weighted by Gasteiger charge is 2.57. The average molecular weight is 893 g/mol. The first-order chi connectivity index (χ1) is 31.6. The van der Waals surface area contributed by atoms with E-state index in [9.17, 15) is 19.5 Å². The smallest absolute Gasteiger partial charge is 0.314 e. The maximum atomic E-state index is 12.6. The largest absolute Gasteiger partial charge is 0.508 e. The number of phenolic OH excluding ortho intramolecular Hbond substituents is 2. The molecule has 5 aliphatic carbocycles. The maximum Gasteiger partial charge on any atom is 0.314 e. The average Bonchev–Trinajstić information content (AvgIpc) is 3.35. The Kier molecular flexibility index (Phi) is 16.9. The Balaban J connectivity index is 0.000000150. The zero-order valence-corrected chi connectivity index (χ0v) is 40.4. The predicted octanol–water partition coefficient (Wildman–Crippen LogP) is 14.1. The number of hydrogen-bond acceptors (Lipinski definition) is 7. The summed E-state index contributed by atoms with van der Waals surface area (Å²) >= 11 is 0. The van der Waals surface area contributed by atoms with Gasteiger partial charge in [0.2, 0.25) is 0 Å². The van der Waals surface area contributed by atoms with Gasteiger partial charge in [-0.15, -0.1) is 0 Å². The number of aliphatic hydroxyl groups is 1. The molecule has 5 aromatic carbocycles. The summed E-state index contributed by atoms with van der Waals surface area (Å²) < 4.78 is 5.07. The van der Waals surface area contributed by atoms with Crippen molar-refractivity contribution in [1.29, 1.82) is 0 Å². The van der Waals surface area contributed by atoms with E-state index < -0.39 is 5.60 Å². The van der Waals surface area contributed by atoms with E-state index in [-0.39, 0.29) is 29.2 Å². The monoisotopic (exact) mass is 893 g/mol. The number of aromatic hydroxyl groups is 2. The maximum absolute atomic E-state index is 12.6. The fourth-order valence-corrected chi connectivity index (χ4v) is 10.3. The molecular weight excluding hydrogens is 821 g/mol. The van der Waals surface area contributed by atoms with Crippen molar-refractivity contribution in [3.63, 3.8) is 0 Å². The van der Waals surface area contributed by atoms with E-state index in [1.165, 1.54) is 67.3 Å². The minimum absolute atomic E-state index is 0.0413. The summed E-state index contributed by atoms with van der Waals surface area (Å²) in [6.07, 6.45) is 10.6. The Labute approximate surface area is 393 Å². The number of ketones is 2. The van der Waals surface area contributed by atoms with E-state index in [1.807, 2.05) is 38.1 Å². The van der Waals surface area contributed by atoms with Crippen molar-refractivity contribution >= 4 is 17.5 Å². The highest BCUT2D eigenvalue weighted by Crippen LogP contribution is 2.61. The number of esters is 1. The van der Waals surface area contributed by atoms with Crippen LogP contribution in [0.25, 0.3) is 0 Å². The van der Waals surface area contributed by atoms with Crippen LogP contribution >= 0.6 is 0 Å². The van der Waals surface area contributed by atoms with Crippen LogP contribution < -0.4 is 4.74 Å². The fourth-order valence-electron chi connectivity index (χ4n) is 10.3. The van der Waals surface area contributed by atoms with Crippen molar-refractivity contribution in [2.45, 2.75) is 137 Å². The molecule has 4 saturated carbocycles. The topological polar surface area (TPSA) is 121 Å². The van der Waals surface area contributed by atoms with Crippen LogP contribution in [0.15, 0.2) is 115 Å². The number of carbonyl (C=O) groups is 3. The number of ether oxygens (including phenoxy) is 1. The zero-order valence-electron chi connectivity index (χ0n) is 40.4. The van der Waals surface area contributed by atoms with Crippen molar-refractivity contribution in [3.8, 4) is 17.2 Å². The normalized spacial score (nSPS) is 22.6. The summed E-state index contributed by atoms with van der Waals surface area (Å²) in [4.78, 5) is 36.4. The van der Waals surface area contributed by atoms with Gasteiger partial charge >= 0.3 is 5.97 Å². The molecule has 0 saturated heterocycles. The van der Waals surface area contributed by atoms with Gasteiger partial charge in [-0.2, -0.15) is 0 Å². The molecule has 0 radical (unpaired) electrons. The number of rotatable bonds is 10. The van der Waals surface area contributed by atoms with E-state index in [0.717, 1.165) is 36.7 Å². The summed E-state index contributed by atoms with van der Waals surface area (Å²) in [5, 5.41) is 29.6. The van der Waals surface area contributed by atoms with Crippen molar-refractivity contribution in [2.75, 3.05) is 0 Å². The molecule has 0 amide bonds. The van der Waals surface area contributed by atoms with Gasteiger partial charge in [0.05, 0.1) is 11.5 Å². The van der Waals surface area contributed by atoms with Gasteiger partial charge in [0, 0.05) is 22.3 Å². The van der Waals surface area contributed by atoms with Gasteiger partial charge in [0.25, 0.3) is 0 Å². The number of phenols is 2. The Morgan fingerprint density at radius 3 is 1.42 bits per heavy atom. The van der Waals surface area contributed by atoms with Crippen LogP contribution in [0.1, 0.15) is 185 Å². The Morgan fingerprint density at radius 1 is 0.545 bits per heavy atom. The number of fused-ring (bicyclic) bond motifs is 2. The highest BCUT2D eigenvalue weighted by atomic mass is 16.5. The van der Waals surface area contributed by atoms with Crippen LogP contribution in [-0.4, -0.2) is 32.9 Å². The molecule has 4 fully saturated rings. The summed E-state index contributed by atoms with van der Waals surface area (Å²) in [7, 11) is 0. The van der Waals surface area contributed by atoms with E-state index >= 15 is 0 Å². The first kappa shape index (κ1) is 49.9. The van der Waals surface area contributed by atoms with Gasteiger partial charge < -0.3 is 20.1 Å². The third-order valence-electron chi connectivity index (χ3n) is 15.2. The lowest BCUT2D eigenvalue weighted by atomic mass is 9.48. The second kappa shape index (κ2) is 22.3. The van der Waals surface area contributed by atoms with Crippen molar-refractivity contribution in [3.05, 3.63) is 160 Å². The molecular formula is C59H72O7. The van der Waals surface area contributed by atoms with Crippen LogP contribution in [0.5, 0.6) is 17.2 Å². The van der Waals surface area contributed by atoms with Crippen LogP contribution in [0.3, 0.4) is 0 Å². The number of benzene rings is 5. The lowest BCUT2D eigenvalue weighted by Crippen LogP contribution is -2.55. The molecule has 7 nitrogen and oxygen atoms in total. The molecule has 0 spiro atoms. The SMILES string of the molecule is CCC(C)C(=O)Oc1ccc(O)cc1.CCC(C)c1ccc(C2(O)C3CC4CC(C3)CC2C4)cc1.CCC(C)c1ccc(O)cc1.CCC(C)c1ccc2c(c1)C(=O)c1ccccc1C2=O. The van der Waals surface area contributed by atoms with Crippen molar-refractivity contribution < 1.29 is 34.4 Å². The fraction of sp³-hybridized carbons (Fsp3) is 0.441. The van der Waals surface area contributed by atoms with Crippen molar-refractivity contribution in [1.82, 2.24) is 0 Å². The van der Waals surface area contributed by atoms with Crippen LogP contribution in [-0.2, 0) is 10.4 Å². The summed E-state index contributed by atoms with van der Waals surface area (Å²) in [6.45, 7) is 16.9. The van der Waals surface area contributed by atoms with Crippen LogP contribution in [0.4, 0.5) is 0 Å². The van der Waals surface area contributed by atoms with Gasteiger partial charge in [-0.05, 0) is 164 Å². The quantitative estimate of drug-likeness (QED) is 0.0925. The Bertz CT molecular complexity index is 2370. The highest BCUT2D eigenvalue weighted by molar-refractivity contribution is 6.28. The van der Waals surface area contributed by atoms with Crippen LogP contribution in [0, 0.1) is 29.6 Å².